The highest BCUT2D eigenvalue weighted by atomic mass is 14.9. The molecule has 4 aromatic carbocycles. The molecule has 1 aliphatic carbocycles. The molecule has 31 heavy (non-hydrogen) atoms. The third-order valence-electron chi connectivity index (χ3n) is 6.83. The van der Waals surface area contributed by atoms with Crippen molar-refractivity contribution in [2.45, 2.75) is 12.8 Å². The molecule has 0 N–H and O–H groups in total. The Balaban J connectivity index is 1.99. The first-order valence-corrected chi connectivity index (χ1v) is 11.0. The van der Waals surface area contributed by atoms with Crippen LogP contribution in [-0.4, -0.2) is 4.40 Å². The van der Waals surface area contributed by atoms with E-state index in [1.54, 1.807) is 0 Å². The fraction of sp³-hybridized carbons (Fsp3) is 0.0667. The molecule has 0 amide bonds. The molecule has 0 atom stereocenters. The number of para-hydroxylation sites is 2. The minimum Gasteiger partial charge on any atom is -0.312 e. The summed E-state index contributed by atoms with van der Waals surface area (Å²) in [6.45, 7) is 0. The van der Waals surface area contributed by atoms with E-state index in [1.807, 2.05) is 0 Å². The molecule has 1 nitrogen and oxygen atoms in total. The quantitative estimate of drug-likeness (QED) is 0.245. The average Bonchev–Trinajstić information content (AvgIpc) is 3.20. The minimum absolute atomic E-state index is 1.07. The minimum atomic E-state index is 1.07. The van der Waals surface area contributed by atoms with Gasteiger partial charge in [-0.1, -0.05) is 97.1 Å². The van der Waals surface area contributed by atoms with E-state index in [-0.39, 0.29) is 0 Å². The van der Waals surface area contributed by atoms with Crippen LogP contribution in [0.3, 0.4) is 0 Å². The van der Waals surface area contributed by atoms with Crippen LogP contribution in [0.15, 0.2) is 97.1 Å². The van der Waals surface area contributed by atoms with Crippen LogP contribution in [0.4, 0.5) is 0 Å². The van der Waals surface area contributed by atoms with Crippen LogP contribution >= 0.6 is 0 Å². The summed E-state index contributed by atoms with van der Waals surface area (Å²) < 4.78 is 2.55. The van der Waals surface area contributed by atoms with Gasteiger partial charge in [0.1, 0.15) is 0 Å². The lowest BCUT2D eigenvalue weighted by Gasteiger charge is -2.09. The van der Waals surface area contributed by atoms with Crippen LogP contribution < -0.4 is 0 Å². The molecular weight excluding hydrogens is 374 g/mol. The van der Waals surface area contributed by atoms with E-state index >= 15 is 0 Å². The van der Waals surface area contributed by atoms with Crippen LogP contribution in [0.5, 0.6) is 0 Å². The maximum Gasteiger partial charge on any atom is 0.0616 e. The fourth-order valence-corrected chi connectivity index (χ4v) is 5.55. The van der Waals surface area contributed by atoms with Gasteiger partial charge < -0.3 is 4.40 Å². The van der Waals surface area contributed by atoms with Crippen molar-refractivity contribution >= 4 is 54.8 Å². The molecule has 0 aliphatic heterocycles. The molecule has 2 heterocycles. The molecule has 1 aliphatic rings. The number of hydrogen-bond acceptors (Lipinski definition) is 0. The lowest BCUT2D eigenvalue weighted by Crippen LogP contribution is -1.97. The van der Waals surface area contributed by atoms with Gasteiger partial charge in [0.15, 0.2) is 0 Å². The number of fused-ring (bicyclic) bond motifs is 10. The number of benzene rings is 4. The van der Waals surface area contributed by atoms with Crippen LogP contribution in [0.25, 0.3) is 54.8 Å². The Hall–Kier alpha value is -3.84. The lowest BCUT2D eigenvalue weighted by molar-refractivity contribution is 0.924. The highest BCUT2D eigenvalue weighted by Gasteiger charge is 2.18. The van der Waals surface area contributed by atoms with E-state index in [4.69, 9.17) is 0 Å². The summed E-state index contributed by atoms with van der Waals surface area (Å²) in [7, 11) is 0. The molecule has 146 valence electrons. The Morgan fingerprint density at radius 1 is 0.516 bits per heavy atom. The topological polar surface area (TPSA) is 4.41 Å². The zero-order valence-corrected chi connectivity index (χ0v) is 17.2. The lowest BCUT2D eigenvalue weighted by atomic mass is 9.99. The summed E-state index contributed by atoms with van der Waals surface area (Å²) in [6.07, 6.45) is 6.81. The Kier molecular flexibility index (Phi) is 3.45. The Labute approximate surface area is 180 Å². The molecule has 1 heteroatoms. The van der Waals surface area contributed by atoms with Gasteiger partial charge in [0.25, 0.3) is 0 Å². The number of allylic oxidation sites excluding steroid dienone is 1. The molecular formula is C30H21N. The maximum absolute atomic E-state index is 2.55. The predicted molar refractivity (Wildman–Crippen MR) is 134 cm³/mol. The molecule has 0 saturated carbocycles. The summed E-state index contributed by atoms with van der Waals surface area (Å²) in [4.78, 5) is 0. The van der Waals surface area contributed by atoms with E-state index in [2.05, 4.69) is 108 Å². The smallest absolute Gasteiger partial charge is 0.0616 e. The molecule has 2 aromatic heterocycles. The third-order valence-corrected chi connectivity index (χ3v) is 6.83. The third kappa shape index (κ3) is 2.26. The van der Waals surface area contributed by atoms with Gasteiger partial charge in [-0.3, -0.25) is 0 Å². The second kappa shape index (κ2) is 6.33. The Bertz CT molecular complexity index is 1730. The first-order valence-electron chi connectivity index (χ1n) is 11.0. The van der Waals surface area contributed by atoms with Crippen LogP contribution in [0.1, 0.15) is 17.7 Å². The van der Waals surface area contributed by atoms with Gasteiger partial charge in [-0.25, -0.2) is 0 Å². The SMILES string of the molecule is C1=Cc2c(n3c4ccccc4c4ccccc4c4ccccc4c4cccc2c43)CC1. The van der Waals surface area contributed by atoms with E-state index in [9.17, 15) is 0 Å². The number of hydrogen-bond donors (Lipinski definition) is 0. The van der Waals surface area contributed by atoms with Crippen molar-refractivity contribution in [3.8, 4) is 0 Å². The molecule has 0 bridgehead atoms. The van der Waals surface area contributed by atoms with Crippen LogP contribution in [-0.2, 0) is 6.42 Å². The highest BCUT2D eigenvalue weighted by Crippen LogP contribution is 2.39. The van der Waals surface area contributed by atoms with E-state index in [0.717, 1.165) is 12.8 Å². The van der Waals surface area contributed by atoms with Crippen molar-refractivity contribution in [2.75, 3.05) is 0 Å². The Morgan fingerprint density at radius 3 is 1.81 bits per heavy atom. The van der Waals surface area contributed by atoms with Crippen LogP contribution in [0, 0.1) is 0 Å². The van der Waals surface area contributed by atoms with Crippen molar-refractivity contribution in [2.24, 2.45) is 0 Å². The van der Waals surface area contributed by atoms with Gasteiger partial charge in [-0.2, -0.15) is 0 Å². The molecule has 0 radical (unpaired) electrons. The molecule has 7 rings (SSSR count). The molecule has 6 aromatic rings. The molecule has 0 fully saturated rings. The van der Waals surface area contributed by atoms with E-state index in [1.165, 1.54) is 60.0 Å². The highest BCUT2D eigenvalue weighted by molar-refractivity contribution is 6.21. The summed E-state index contributed by atoms with van der Waals surface area (Å²) in [5.74, 6) is 0. The second-order valence-electron chi connectivity index (χ2n) is 8.45. The summed E-state index contributed by atoms with van der Waals surface area (Å²) in [6, 6.07) is 33.4. The average molecular weight is 396 g/mol. The zero-order valence-electron chi connectivity index (χ0n) is 17.2. The number of aromatic nitrogens is 1. The number of aryl methyl sites for hydroxylation is 1. The monoisotopic (exact) mass is 395 g/mol. The first-order chi connectivity index (χ1) is 15.4. The zero-order chi connectivity index (χ0) is 20.4. The molecule has 0 spiro atoms. The van der Waals surface area contributed by atoms with Gasteiger partial charge in [-0.05, 0) is 40.5 Å². The largest absolute Gasteiger partial charge is 0.312 e. The summed E-state index contributed by atoms with van der Waals surface area (Å²) in [5, 5.41) is 9.12. The number of rotatable bonds is 0. The van der Waals surface area contributed by atoms with Gasteiger partial charge in [0, 0.05) is 27.4 Å². The number of nitrogens with zero attached hydrogens (tertiary/aromatic N) is 1. The van der Waals surface area contributed by atoms with Crippen molar-refractivity contribution in [1.82, 2.24) is 4.40 Å². The van der Waals surface area contributed by atoms with Crippen molar-refractivity contribution in [3.05, 3.63) is 108 Å². The van der Waals surface area contributed by atoms with Gasteiger partial charge in [0.05, 0.1) is 11.0 Å². The first kappa shape index (κ1) is 16.9. The van der Waals surface area contributed by atoms with Gasteiger partial charge in [-0.15, -0.1) is 0 Å². The Morgan fingerprint density at radius 2 is 1.06 bits per heavy atom. The second-order valence-corrected chi connectivity index (χ2v) is 8.45. The van der Waals surface area contributed by atoms with Crippen LogP contribution in [0.2, 0.25) is 0 Å². The van der Waals surface area contributed by atoms with Gasteiger partial charge >= 0.3 is 0 Å². The van der Waals surface area contributed by atoms with Crippen molar-refractivity contribution in [3.63, 3.8) is 0 Å². The van der Waals surface area contributed by atoms with Gasteiger partial charge in [0.2, 0.25) is 0 Å². The summed E-state index contributed by atoms with van der Waals surface area (Å²) >= 11 is 0. The predicted octanol–water partition coefficient (Wildman–Crippen LogP) is 8.07. The van der Waals surface area contributed by atoms with Crippen molar-refractivity contribution in [1.29, 1.82) is 0 Å². The maximum atomic E-state index is 2.55. The van der Waals surface area contributed by atoms with E-state index in [0.29, 0.717) is 0 Å². The van der Waals surface area contributed by atoms with Crippen molar-refractivity contribution < 1.29 is 0 Å². The summed E-state index contributed by atoms with van der Waals surface area (Å²) in [5.41, 5.74) is 5.40. The fourth-order valence-electron chi connectivity index (χ4n) is 5.55. The molecule has 0 unspecified atom stereocenters. The normalized spacial score (nSPS) is 13.4. The standard InChI is InChI=1S/C30H21N/c1-3-12-22-20(10-1)21-11-2-4-13-23(21)26-16-9-17-27-25-15-6-8-19-29(25)31(30(26)27)28-18-7-5-14-24(22)28/h1-7,9-18H,8,19H2. The molecule has 0 saturated heterocycles. The van der Waals surface area contributed by atoms with E-state index < -0.39 is 0 Å².